The number of amides is 3. The Morgan fingerprint density at radius 1 is 0.907 bits per heavy atom. The van der Waals surface area contributed by atoms with Crippen LogP contribution in [0, 0.1) is 0 Å². The van der Waals surface area contributed by atoms with Gasteiger partial charge in [0.25, 0.3) is 11.8 Å². The second kappa shape index (κ2) is 12.8. The molecule has 2 N–H and O–H groups in total. The van der Waals surface area contributed by atoms with E-state index in [1.807, 2.05) is 30.3 Å². The van der Waals surface area contributed by atoms with Crippen molar-refractivity contribution < 1.29 is 23.9 Å². The van der Waals surface area contributed by atoms with E-state index in [0.717, 1.165) is 20.8 Å². The van der Waals surface area contributed by atoms with E-state index in [1.54, 1.807) is 67.6 Å². The van der Waals surface area contributed by atoms with E-state index in [-0.39, 0.29) is 43.1 Å². The number of fused-ring (bicyclic) bond motifs is 2. The summed E-state index contributed by atoms with van der Waals surface area (Å²) >= 11 is 3.62. The van der Waals surface area contributed by atoms with Crippen LogP contribution < -0.4 is 25.2 Å². The first kappa shape index (κ1) is 29.9. The smallest absolute Gasteiger partial charge is 0.258 e. The van der Waals surface area contributed by atoms with Gasteiger partial charge < -0.3 is 25.2 Å². The molecular weight excluding hydrogens is 612 g/mol. The Balaban J connectivity index is 1.64. The average molecular weight is 644 g/mol. The largest absolute Gasteiger partial charge is 0.496 e. The fourth-order valence-electron chi connectivity index (χ4n) is 5.33. The van der Waals surface area contributed by atoms with E-state index in [1.165, 1.54) is 11.8 Å². The highest BCUT2D eigenvalue weighted by molar-refractivity contribution is 9.10. The molecule has 1 aliphatic heterocycles. The van der Waals surface area contributed by atoms with Gasteiger partial charge in [-0.3, -0.25) is 19.2 Å². The van der Waals surface area contributed by atoms with Gasteiger partial charge in [-0.1, -0.05) is 52.3 Å². The number of hydrogen-bond donors (Lipinski definition) is 2. The van der Waals surface area contributed by atoms with E-state index in [9.17, 15) is 19.2 Å². The van der Waals surface area contributed by atoms with Crippen LogP contribution in [0.2, 0.25) is 0 Å². The lowest BCUT2D eigenvalue weighted by molar-refractivity contribution is -0.126. The van der Waals surface area contributed by atoms with Gasteiger partial charge in [-0.2, -0.15) is 0 Å². The summed E-state index contributed by atoms with van der Waals surface area (Å²) in [6.07, 6.45) is 0. The highest BCUT2D eigenvalue weighted by atomic mass is 79.9. The van der Waals surface area contributed by atoms with Crippen LogP contribution in [0.3, 0.4) is 0 Å². The molecule has 0 bridgehead atoms. The maximum atomic E-state index is 14.3. The van der Waals surface area contributed by atoms with Gasteiger partial charge in [0.05, 0.1) is 38.1 Å². The first-order valence-electron chi connectivity index (χ1n) is 13.7. The SMILES string of the molecule is CNCC(=O)NC1CN(C(=O)c2ccc(C(C)=O)cc2)c2ccccc2N(Cc2c(OC)ccc3c(Br)cccc23)C1=O. The molecule has 0 aromatic heterocycles. The third kappa shape index (κ3) is 6.02. The maximum absolute atomic E-state index is 14.3. The fraction of sp³-hybridized carbons (Fsp3) is 0.212. The number of anilines is 2. The molecule has 0 saturated carbocycles. The number of rotatable bonds is 8. The molecule has 9 nitrogen and oxygen atoms in total. The van der Waals surface area contributed by atoms with Crippen LogP contribution in [-0.4, -0.2) is 56.8 Å². The van der Waals surface area contributed by atoms with E-state index >= 15 is 0 Å². The van der Waals surface area contributed by atoms with Crippen molar-refractivity contribution in [3.8, 4) is 5.75 Å². The predicted molar refractivity (Wildman–Crippen MR) is 170 cm³/mol. The number of hydrogen-bond acceptors (Lipinski definition) is 6. The Morgan fingerprint density at radius 3 is 2.28 bits per heavy atom. The second-order valence-electron chi connectivity index (χ2n) is 10.2. The fourth-order valence-corrected chi connectivity index (χ4v) is 5.83. The summed E-state index contributed by atoms with van der Waals surface area (Å²) in [5, 5.41) is 7.49. The van der Waals surface area contributed by atoms with Crippen molar-refractivity contribution in [2.75, 3.05) is 37.0 Å². The third-order valence-electron chi connectivity index (χ3n) is 7.46. The number of ketones is 1. The standard InChI is InChI=1S/C33H31BrN4O5/c1-20(39)21-11-13-22(14-12-21)32(41)38-19-27(36-31(40)17-35-2)33(42)37(28-9-4-5-10-29(28)38)18-25-23-7-6-8-26(34)24(23)15-16-30(25)43-3/h4-16,27,35H,17-19H2,1-3H3,(H,36,40). The van der Waals surface area contributed by atoms with Gasteiger partial charge in [0.2, 0.25) is 5.91 Å². The Morgan fingerprint density at radius 2 is 1.60 bits per heavy atom. The minimum atomic E-state index is -1.04. The average Bonchev–Trinajstić information content (AvgIpc) is 3.12. The van der Waals surface area contributed by atoms with Crippen LogP contribution in [-0.2, 0) is 16.1 Å². The van der Waals surface area contributed by atoms with E-state index in [4.69, 9.17) is 4.74 Å². The van der Waals surface area contributed by atoms with E-state index in [0.29, 0.717) is 28.3 Å². The van der Waals surface area contributed by atoms with Crippen molar-refractivity contribution in [3.63, 3.8) is 0 Å². The van der Waals surface area contributed by atoms with Crippen LogP contribution in [0.5, 0.6) is 5.75 Å². The number of halogens is 1. The number of Topliss-reactive ketones (excluding diaryl/α,β-unsaturated/α-hetero) is 1. The molecule has 0 radical (unpaired) electrons. The summed E-state index contributed by atoms with van der Waals surface area (Å²) in [7, 11) is 3.22. The first-order chi connectivity index (χ1) is 20.7. The quantitative estimate of drug-likeness (QED) is 0.270. The summed E-state index contributed by atoms with van der Waals surface area (Å²) in [6, 6.07) is 22.2. The van der Waals surface area contributed by atoms with Crippen molar-refractivity contribution in [1.82, 2.24) is 10.6 Å². The van der Waals surface area contributed by atoms with Gasteiger partial charge in [0.15, 0.2) is 5.78 Å². The molecule has 1 atom stereocenters. The lowest BCUT2D eigenvalue weighted by atomic mass is 10.0. The minimum absolute atomic E-state index is 0.00234. The van der Waals surface area contributed by atoms with Crippen molar-refractivity contribution in [2.45, 2.75) is 19.5 Å². The zero-order valence-electron chi connectivity index (χ0n) is 24.0. The monoisotopic (exact) mass is 642 g/mol. The van der Waals surface area contributed by atoms with Crippen LogP contribution in [0.4, 0.5) is 11.4 Å². The van der Waals surface area contributed by atoms with Gasteiger partial charge >= 0.3 is 0 Å². The van der Waals surface area contributed by atoms with Crippen molar-refractivity contribution in [2.24, 2.45) is 0 Å². The van der Waals surface area contributed by atoms with Crippen molar-refractivity contribution >= 4 is 61.6 Å². The molecule has 220 valence electrons. The number of para-hydroxylation sites is 2. The molecule has 1 unspecified atom stereocenters. The summed E-state index contributed by atoms with van der Waals surface area (Å²) in [4.78, 5) is 56.0. The molecule has 0 saturated heterocycles. The topological polar surface area (TPSA) is 108 Å². The molecule has 10 heteroatoms. The number of likely N-dealkylation sites (N-methyl/N-ethyl adjacent to an activating group) is 1. The molecule has 1 aliphatic rings. The minimum Gasteiger partial charge on any atom is -0.496 e. The Kier molecular flexibility index (Phi) is 8.89. The zero-order chi connectivity index (χ0) is 30.7. The third-order valence-corrected chi connectivity index (χ3v) is 8.15. The summed E-state index contributed by atoms with van der Waals surface area (Å²) < 4.78 is 6.64. The molecule has 0 aliphatic carbocycles. The number of benzene rings is 4. The lowest BCUT2D eigenvalue weighted by Crippen LogP contribution is -2.54. The highest BCUT2D eigenvalue weighted by Gasteiger charge is 2.37. The maximum Gasteiger partial charge on any atom is 0.258 e. The van der Waals surface area contributed by atoms with Gasteiger partial charge in [-0.05, 0) is 67.2 Å². The van der Waals surface area contributed by atoms with Gasteiger partial charge in [-0.15, -0.1) is 0 Å². The van der Waals surface area contributed by atoms with Crippen LogP contribution in [0.15, 0.2) is 83.3 Å². The number of carbonyl (C=O) groups excluding carboxylic acids is 4. The Hall–Kier alpha value is -4.54. The summed E-state index contributed by atoms with van der Waals surface area (Å²) in [6.45, 7) is 1.50. The molecule has 43 heavy (non-hydrogen) atoms. The van der Waals surface area contributed by atoms with Crippen molar-refractivity contribution in [1.29, 1.82) is 0 Å². The second-order valence-corrected chi connectivity index (χ2v) is 11.0. The molecule has 4 aromatic carbocycles. The number of carbonyl (C=O) groups is 4. The van der Waals surface area contributed by atoms with Gasteiger partial charge in [0.1, 0.15) is 11.8 Å². The summed E-state index contributed by atoms with van der Waals surface area (Å²) in [5.74, 6) is -0.612. The number of nitrogens with zero attached hydrogens (tertiary/aromatic N) is 2. The summed E-state index contributed by atoms with van der Waals surface area (Å²) in [5.41, 5.74) is 2.65. The highest BCUT2D eigenvalue weighted by Crippen LogP contribution is 2.38. The van der Waals surface area contributed by atoms with Gasteiger partial charge in [-0.25, -0.2) is 0 Å². The Labute approximate surface area is 257 Å². The molecule has 0 spiro atoms. The van der Waals surface area contributed by atoms with Crippen LogP contribution >= 0.6 is 15.9 Å². The predicted octanol–water partition coefficient (Wildman–Crippen LogP) is 4.71. The molecule has 1 heterocycles. The number of ether oxygens (including phenoxy) is 1. The lowest BCUT2D eigenvalue weighted by Gasteiger charge is -2.27. The zero-order valence-corrected chi connectivity index (χ0v) is 25.6. The van der Waals surface area contributed by atoms with Crippen LogP contribution in [0.1, 0.15) is 33.2 Å². The number of nitrogens with one attached hydrogen (secondary N) is 2. The van der Waals surface area contributed by atoms with Gasteiger partial charge in [0, 0.05) is 21.2 Å². The molecule has 0 fully saturated rings. The molecule has 4 aromatic rings. The van der Waals surface area contributed by atoms with Crippen molar-refractivity contribution in [3.05, 3.63) is 100 Å². The molecule has 3 amide bonds. The van der Waals surface area contributed by atoms with Crippen LogP contribution in [0.25, 0.3) is 10.8 Å². The van der Waals surface area contributed by atoms with E-state index < -0.39 is 6.04 Å². The molecular formula is C33H31BrN4O5. The number of methoxy groups -OCH3 is 1. The molecule has 5 rings (SSSR count). The van der Waals surface area contributed by atoms with E-state index in [2.05, 4.69) is 26.6 Å². The normalized spacial score (nSPS) is 14.7. The first-order valence-corrected chi connectivity index (χ1v) is 14.5. The Bertz CT molecular complexity index is 1720.